The third kappa shape index (κ3) is 1.68. The minimum Gasteiger partial charge on any atom is -0.383 e. The van der Waals surface area contributed by atoms with Gasteiger partial charge in [-0.05, 0) is 24.3 Å². The van der Waals surface area contributed by atoms with Gasteiger partial charge in [0.2, 0.25) is 0 Å². The number of nitrogens with one attached hydrogen (secondary N) is 1. The van der Waals surface area contributed by atoms with Crippen molar-refractivity contribution in [2.24, 2.45) is 0 Å². The normalized spacial score (nSPS) is 14.6. The van der Waals surface area contributed by atoms with Gasteiger partial charge >= 0.3 is 0 Å². The molecule has 1 aliphatic heterocycles. The number of hydrogen-bond donors (Lipinski definition) is 2. The number of aromatic nitrogens is 2. The summed E-state index contributed by atoms with van der Waals surface area (Å²) in [6.45, 7) is 2.46. The Morgan fingerprint density at radius 3 is 2.76 bits per heavy atom. The lowest BCUT2D eigenvalue weighted by Gasteiger charge is -2.15. The van der Waals surface area contributed by atoms with E-state index in [0.717, 1.165) is 36.7 Å². The molecular formula is C12H13FN4. The van der Waals surface area contributed by atoms with Crippen LogP contribution in [0.2, 0.25) is 0 Å². The van der Waals surface area contributed by atoms with E-state index in [-0.39, 0.29) is 5.82 Å². The minimum absolute atomic E-state index is 0.252. The summed E-state index contributed by atoms with van der Waals surface area (Å²) in [5, 5.41) is 3.24. The van der Waals surface area contributed by atoms with Crippen LogP contribution in [0, 0.1) is 5.82 Å². The summed E-state index contributed by atoms with van der Waals surface area (Å²) in [6.07, 6.45) is 0. The number of anilines is 1. The third-order valence-corrected chi connectivity index (χ3v) is 3.00. The molecule has 0 radical (unpaired) electrons. The minimum atomic E-state index is -0.252. The molecule has 0 aliphatic carbocycles. The second-order valence-corrected chi connectivity index (χ2v) is 4.10. The molecule has 0 saturated carbocycles. The van der Waals surface area contributed by atoms with Crippen LogP contribution >= 0.6 is 0 Å². The zero-order valence-corrected chi connectivity index (χ0v) is 9.28. The van der Waals surface area contributed by atoms with E-state index in [4.69, 9.17) is 5.73 Å². The first-order valence-corrected chi connectivity index (χ1v) is 5.57. The van der Waals surface area contributed by atoms with Gasteiger partial charge in [0.05, 0.1) is 6.54 Å². The number of hydrogen-bond acceptors (Lipinski definition) is 3. The summed E-state index contributed by atoms with van der Waals surface area (Å²) in [4.78, 5) is 4.50. The van der Waals surface area contributed by atoms with Crippen molar-refractivity contribution in [2.75, 3.05) is 12.3 Å². The van der Waals surface area contributed by atoms with Crippen molar-refractivity contribution in [3.63, 3.8) is 0 Å². The van der Waals surface area contributed by atoms with Crippen molar-refractivity contribution in [1.29, 1.82) is 0 Å². The molecule has 0 bridgehead atoms. The summed E-state index contributed by atoms with van der Waals surface area (Å²) >= 11 is 0. The van der Waals surface area contributed by atoms with Gasteiger partial charge in [-0.15, -0.1) is 0 Å². The fourth-order valence-electron chi connectivity index (χ4n) is 2.11. The molecule has 2 heterocycles. The molecule has 0 spiro atoms. The highest BCUT2D eigenvalue weighted by molar-refractivity contribution is 5.71. The molecule has 17 heavy (non-hydrogen) atoms. The van der Waals surface area contributed by atoms with E-state index in [0.29, 0.717) is 5.82 Å². The van der Waals surface area contributed by atoms with Crippen LogP contribution in [0.15, 0.2) is 24.3 Å². The number of nitrogen functional groups attached to an aromatic ring is 1. The Hall–Kier alpha value is -1.88. The molecule has 2 aromatic rings. The SMILES string of the molecule is Nc1c(-c2ccc(F)cc2)nc2n1CCNC2. The Morgan fingerprint density at radius 1 is 1.29 bits per heavy atom. The summed E-state index contributed by atoms with van der Waals surface area (Å²) in [6, 6.07) is 6.25. The Morgan fingerprint density at radius 2 is 2.06 bits per heavy atom. The van der Waals surface area contributed by atoms with Crippen LogP contribution in [0.25, 0.3) is 11.3 Å². The summed E-state index contributed by atoms with van der Waals surface area (Å²) in [5.74, 6) is 1.35. The highest BCUT2D eigenvalue weighted by Gasteiger charge is 2.18. The average Bonchev–Trinajstić information content (AvgIpc) is 2.69. The van der Waals surface area contributed by atoms with E-state index in [2.05, 4.69) is 10.3 Å². The van der Waals surface area contributed by atoms with Gasteiger partial charge in [-0.1, -0.05) is 0 Å². The maximum Gasteiger partial charge on any atom is 0.131 e. The maximum absolute atomic E-state index is 12.9. The first kappa shape index (κ1) is 10.3. The first-order chi connectivity index (χ1) is 8.25. The van der Waals surface area contributed by atoms with Gasteiger partial charge in [0.15, 0.2) is 0 Å². The van der Waals surface area contributed by atoms with Gasteiger partial charge < -0.3 is 15.6 Å². The predicted molar refractivity (Wildman–Crippen MR) is 63.7 cm³/mol. The topological polar surface area (TPSA) is 55.9 Å². The summed E-state index contributed by atoms with van der Waals surface area (Å²) in [5.41, 5.74) is 7.67. The Labute approximate surface area is 98.3 Å². The van der Waals surface area contributed by atoms with E-state index in [1.165, 1.54) is 12.1 Å². The Balaban J connectivity index is 2.09. The number of benzene rings is 1. The fourth-order valence-corrected chi connectivity index (χ4v) is 2.11. The van der Waals surface area contributed by atoms with Crippen molar-refractivity contribution in [3.05, 3.63) is 35.9 Å². The third-order valence-electron chi connectivity index (χ3n) is 3.00. The van der Waals surface area contributed by atoms with Crippen LogP contribution in [0.3, 0.4) is 0 Å². The lowest BCUT2D eigenvalue weighted by Crippen LogP contribution is -2.28. The quantitative estimate of drug-likeness (QED) is 0.781. The van der Waals surface area contributed by atoms with Crippen molar-refractivity contribution < 1.29 is 4.39 Å². The standard InChI is InChI=1S/C12H13FN4/c13-9-3-1-8(2-4-9)11-12(14)17-6-5-15-7-10(17)16-11/h1-4,15H,5-7,14H2. The molecule has 4 nitrogen and oxygen atoms in total. The van der Waals surface area contributed by atoms with Gasteiger partial charge in [0.1, 0.15) is 23.2 Å². The van der Waals surface area contributed by atoms with Crippen LogP contribution in [0.1, 0.15) is 5.82 Å². The summed E-state index contributed by atoms with van der Waals surface area (Å²) in [7, 11) is 0. The molecule has 0 amide bonds. The van der Waals surface area contributed by atoms with Crippen LogP contribution in [-0.4, -0.2) is 16.1 Å². The first-order valence-electron chi connectivity index (χ1n) is 5.57. The molecule has 0 saturated heterocycles. The second kappa shape index (κ2) is 3.85. The molecule has 0 unspecified atom stereocenters. The fraction of sp³-hybridized carbons (Fsp3) is 0.250. The molecule has 1 aliphatic rings. The Bertz CT molecular complexity index is 544. The number of imidazole rings is 1. The van der Waals surface area contributed by atoms with E-state index in [1.54, 1.807) is 12.1 Å². The lowest BCUT2D eigenvalue weighted by atomic mass is 10.1. The molecule has 0 fully saturated rings. The monoisotopic (exact) mass is 232 g/mol. The highest BCUT2D eigenvalue weighted by atomic mass is 19.1. The molecule has 3 N–H and O–H groups in total. The zero-order valence-electron chi connectivity index (χ0n) is 9.28. The zero-order chi connectivity index (χ0) is 11.8. The molecule has 5 heteroatoms. The molecule has 0 atom stereocenters. The number of nitrogens with two attached hydrogens (primary N) is 1. The van der Waals surface area contributed by atoms with Crippen LogP contribution in [-0.2, 0) is 13.1 Å². The van der Waals surface area contributed by atoms with E-state index in [1.807, 2.05) is 4.57 Å². The number of halogens is 1. The average molecular weight is 232 g/mol. The molecule has 88 valence electrons. The molecule has 1 aromatic heterocycles. The van der Waals surface area contributed by atoms with Crippen molar-refractivity contribution in [1.82, 2.24) is 14.9 Å². The highest BCUT2D eigenvalue weighted by Crippen LogP contribution is 2.27. The molecular weight excluding hydrogens is 219 g/mol. The van der Waals surface area contributed by atoms with Crippen molar-refractivity contribution >= 4 is 5.82 Å². The van der Waals surface area contributed by atoms with Crippen LogP contribution < -0.4 is 11.1 Å². The number of rotatable bonds is 1. The maximum atomic E-state index is 12.9. The Kier molecular flexibility index (Phi) is 2.33. The lowest BCUT2D eigenvalue weighted by molar-refractivity contribution is 0.509. The van der Waals surface area contributed by atoms with Gasteiger partial charge in [-0.3, -0.25) is 0 Å². The number of fused-ring (bicyclic) bond motifs is 1. The van der Waals surface area contributed by atoms with Gasteiger partial charge in [0.25, 0.3) is 0 Å². The van der Waals surface area contributed by atoms with Crippen molar-refractivity contribution in [2.45, 2.75) is 13.1 Å². The van der Waals surface area contributed by atoms with Gasteiger partial charge in [0, 0.05) is 18.7 Å². The smallest absolute Gasteiger partial charge is 0.131 e. The van der Waals surface area contributed by atoms with E-state index < -0.39 is 0 Å². The van der Waals surface area contributed by atoms with Gasteiger partial charge in [-0.2, -0.15) is 0 Å². The molecule has 1 aromatic carbocycles. The van der Waals surface area contributed by atoms with Crippen LogP contribution in [0.5, 0.6) is 0 Å². The second-order valence-electron chi connectivity index (χ2n) is 4.10. The predicted octanol–water partition coefficient (Wildman–Crippen LogP) is 1.37. The van der Waals surface area contributed by atoms with Crippen molar-refractivity contribution in [3.8, 4) is 11.3 Å². The summed E-state index contributed by atoms with van der Waals surface area (Å²) < 4.78 is 14.9. The van der Waals surface area contributed by atoms with E-state index >= 15 is 0 Å². The van der Waals surface area contributed by atoms with Gasteiger partial charge in [-0.25, -0.2) is 9.37 Å². The number of nitrogens with zero attached hydrogens (tertiary/aromatic N) is 2. The largest absolute Gasteiger partial charge is 0.383 e. The molecule has 3 rings (SSSR count). The van der Waals surface area contributed by atoms with Crippen LogP contribution in [0.4, 0.5) is 10.2 Å². The van der Waals surface area contributed by atoms with E-state index in [9.17, 15) is 4.39 Å².